The molecule has 0 aliphatic rings. The van der Waals surface area contributed by atoms with Crippen molar-refractivity contribution in [1.29, 1.82) is 0 Å². The van der Waals surface area contributed by atoms with Gasteiger partial charge in [-0.3, -0.25) is 10.7 Å². The Bertz CT molecular complexity index is 453. The number of nitrogens with one attached hydrogen (secondary N) is 2. The normalized spacial score (nSPS) is 11.9. The Labute approximate surface area is 94.0 Å². The zero-order valence-corrected chi connectivity index (χ0v) is 9.53. The summed E-state index contributed by atoms with van der Waals surface area (Å²) in [5.41, 5.74) is 3.07. The minimum absolute atomic E-state index is 0.0637. The largest absolute Gasteiger partial charge is 0.290 e. The molecule has 88 valence electrons. The number of hydrogen-bond donors (Lipinski definition) is 3. The van der Waals surface area contributed by atoms with Gasteiger partial charge in [-0.25, -0.2) is 18.1 Å². The molecule has 0 aromatic heterocycles. The van der Waals surface area contributed by atoms with E-state index in [4.69, 9.17) is 5.21 Å². The second-order valence-electron chi connectivity index (χ2n) is 3.02. The number of aliphatic imine (C=N–C) groups is 1. The second kappa shape index (κ2) is 5.59. The molecule has 0 fully saturated rings. The fourth-order valence-electron chi connectivity index (χ4n) is 1.07. The molecule has 3 N–H and O–H groups in total. The summed E-state index contributed by atoms with van der Waals surface area (Å²) in [4.78, 5) is 3.83. The summed E-state index contributed by atoms with van der Waals surface area (Å²) in [5.74, 6) is -0.0637. The Hall–Kier alpha value is -1.44. The molecule has 0 radical (unpaired) electrons. The molecule has 0 aliphatic heterocycles. The van der Waals surface area contributed by atoms with Gasteiger partial charge in [0.15, 0.2) is 0 Å². The lowest BCUT2D eigenvalue weighted by Gasteiger charge is -2.02. The summed E-state index contributed by atoms with van der Waals surface area (Å²) in [7, 11) is -1.87. The van der Waals surface area contributed by atoms with Crippen molar-refractivity contribution in [3.63, 3.8) is 0 Å². The van der Waals surface area contributed by atoms with E-state index >= 15 is 0 Å². The first-order valence-corrected chi connectivity index (χ1v) is 6.15. The standard InChI is InChI=1S/C9H13N3O3S/c1-10-16(14,15)6-8-2-4-9(5-3-8)11-7-12-13/h2-5,7,10,13H,6H2,1H3,(H,11,12). The van der Waals surface area contributed by atoms with Gasteiger partial charge in [-0.15, -0.1) is 0 Å². The summed E-state index contributed by atoms with van der Waals surface area (Å²) in [6, 6.07) is 6.65. The van der Waals surface area contributed by atoms with Crippen molar-refractivity contribution >= 4 is 22.0 Å². The van der Waals surface area contributed by atoms with Gasteiger partial charge in [0.1, 0.15) is 6.34 Å². The SMILES string of the molecule is CNS(=O)(=O)Cc1ccc(N=CNO)cc1. The van der Waals surface area contributed by atoms with Gasteiger partial charge in [-0.2, -0.15) is 0 Å². The molecule has 0 bridgehead atoms. The third-order valence-corrected chi connectivity index (χ3v) is 3.21. The fraction of sp³-hybridized carbons (Fsp3) is 0.222. The maximum absolute atomic E-state index is 11.2. The summed E-state index contributed by atoms with van der Waals surface area (Å²) in [6.07, 6.45) is 1.12. The van der Waals surface area contributed by atoms with Crippen molar-refractivity contribution in [1.82, 2.24) is 10.2 Å². The van der Waals surface area contributed by atoms with Crippen LogP contribution in [0, 0.1) is 0 Å². The van der Waals surface area contributed by atoms with Crippen LogP contribution < -0.4 is 10.2 Å². The Balaban J connectivity index is 2.76. The van der Waals surface area contributed by atoms with Gasteiger partial charge in [0.2, 0.25) is 10.0 Å². The van der Waals surface area contributed by atoms with Crippen LogP contribution in [0.5, 0.6) is 0 Å². The first-order valence-electron chi connectivity index (χ1n) is 4.50. The van der Waals surface area contributed by atoms with Crippen LogP contribution in [0.1, 0.15) is 5.56 Å². The third kappa shape index (κ3) is 3.97. The smallest absolute Gasteiger partial charge is 0.215 e. The predicted molar refractivity (Wildman–Crippen MR) is 61.2 cm³/mol. The van der Waals surface area contributed by atoms with Gasteiger partial charge < -0.3 is 0 Å². The van der Waals surface area contributed by atoms with E-state index in [1.165, 1.54) is 7.05 Å². The highest BCUT2D eigenvalue weighted by atomic mass is 32.2. The molecule has 1 aromatic rings. The molecule has 0 unspecified atom stereocenters. The highest BCUT2D eigenvalue weighted by molar-refractivity contribution is 7.88. The van der Waals surface area contributed by atoms with E-state index in [1.54, 1.807) is 29.7 Å². The lowest BCUT2D eigenvalue weighted by molar-refractivity contribution is 0.240. The van der Waals surface area contributed by atoms with Crippen molar-refractivity contribution in [2.45, 2.75) is 5.75 Å². The maximum Gasteiger partial charge on any atom is 0.215 e. The average Bonchev–Trinajstić information content (AvgIpc) is 2.28. The molecule has 0 saturated carbocycles. The lowest BCUT2D eigenvalue weighted by atomic mass is 10.2. The molecular formula is C9H13N3O3S. The van der Waals surface area contributed by atoms with E-state index in [2.05, 4.69) is 9.71 Å². The number of rotatable bonds is 5. The minimum atomic E-state index is -3.24. The van der Waals surface area contributed by atoms with Crippen LogP contribution >= 0.6 is 0 Å². The third-order valence-electron chi connectivity index (χ3n) is 1.88. The number of hydroxylamine groups is 1. The van der Waals surface area contributed by atoms with E-state index in [0.717, 1.165) is 6.34 Å². The molecular weight excluding hydrogens is 230 g/mol. The molecule has 0 saturated heterocycles. The van der Waals surface area contributed by atoms with Crippen molar-refractivity contribution in [3.05, 3.63) is 29.8 Å². The number of nitrogens with zero attached hydrogens (tertiary/aromatic N) is 1. The van der Waals surface area contributed by atoms with Gasteiger partial charge in [0, 0.05) is 0 Å². The highest BCUT2D eigenvalue weighted by Gasteiger charge is 2.07. The summed E-state index contributed by atoms with van der Waals surface area (Å²) in [5, 5.41) is 8.28. The monoisotopic (exact) mass is 243 g/mol. The van der Waals surface area contributed by atoms with Gasteiger partial charge >= 0.3 is 0 Å². The molecule has 0 atom stereocenters. The van der Waals surface area contributed by atoms with Crippen molar-refractivity contribution < 1.29 is 13.6 Å². The molecule has 16 heavy (non-hydrogen) atoms. The fourth-order valence-corrected chi connectivity index (χ4v) is 1.85. The summed E-state index contributed by atoms with van der Waals surface area (Å²) >= 11 is 0. The van der Waals surface area contributed by atoms with Crippen LogP contribution in [0.25, 0.3) is 0 Å². The van der Waals surface area contributed by atoms with Gasteiger partial charge in [0.25, 0.3) is 0 Å². The lowest BCUT2D eigenvalue weighted by Crippen LogP contribution is -2.20. The highest BCUT2D eigenvalue weighted by Crippen LogP contribution is 2.13. The minimum Gasteiger partial charge on any atom is -0.290 e. The van der Waals surface area contributed by atoms with Gasteiger partial charge in [-0.05, 0) is 24.7 Å². The molecule has 0 amide bonds. The first kappa shape index (κ1) is 12.6. The quantitative estimate of drug-likeness (QED) is 0.396. The number of hydrogen-bond acceptors (Lipinski definition) is 4. The van der Waals surface area contributed by atoms with Crippen molar-refractivity contribution in [3.8, 4) is 0 Å². The molecule has 1 rings (SSSR count). The van der Waals surface area contributed by atoms with E-state index < -0.39 is 10.0 Å². The summed E-state index contributed by atoms with van der Waals surface area (Å²) in [6.45, 7) is 0. The molecule has 0 heterocycles. The van der Waals surface area contributed by atoms with Crippen LogP contribution in [0.15, 0.2) is 29.3 Å². The van der Waals surface area contributed by atoms with Crippen molar-refractivity contribution in [2.24, 2.45) is 4.99 Å². The van der Waals surface area contributed by atoms with E-state index in [9.17, 15) is 8.42 Å². The average molecular weight is 243 g/mol. The molecule has 7 heteroatoms. The summed E-state index contributed by atoms with van der Waals surface area (Å²) < 4.78 is 24.7. The Kier molecular flexibility index (Phi) is 4.41. The second-order valence-corrected chi connectivity index (χ2v) is 4.94. The predicted octanol–water partition coefficient (Wildman–Crippen LogP) is 0.374. The Morgan fingerprint density at radius 3 is 2.50 bits per heavy atom. The zero-order chi connectivity index (χ0) is 12.0. The van der Waals surface area contributed by atoms with Crippen LogP contribution in [0.4, 0.5) is 5.69 Å². The van der Waals surface area contributed by atoms with E-state index in [-0.39, 0.29) is 5.75 Å². The first-order chi connectivity index (χ1) is 7.57. The van der Waals surface area contributed by atoms with Crippen LogP contribution in [0.2, 0.25) is 0 Å². The van der Waals surface area contributed by atoms with Crippen LogP contribution in [0.3, 0.4) is 0 Å². The van der Waals surface area contributed by atoms with Crippen molar-refractivity contribution in [2.75, 3.05) is 7.05 Å². The van der Waals surface area contributed by atoms with E-state index in [0.29, 0.717) is 11.3 Å². The number of sulfonamides is 1. The number of benzene rings is 1. The maximum atomic E-state index is 11.2. The van der Waals surface area contributed by atoms with Crippen LogP contribution in [-0.4, -0.2) is 27.0 Å². The zero-order valence-electron chi connectivity index (χ0n) is 8.71. The molecule has 0 aliphatic carbocycles. The van der Waals surface area contributed by atoms with Gasteiger partial charge in [0.05, 0.1) is 11.4 Å². The molecule has 0 spiro atoms. The Morgan fingerprint density at radius 2 is 2.00 bits per heavy atom. The molecule has 6 nitrogen and oxygen atoms in total. The Morgan fingerprint density at radius 1 is 1.38 bits per heavy atom. The van der Waals surface area contributed by atoms with Crippen LogP contribution in [-0.2, 0) is 15.8 Å². The van der Waals surface area contributed by atoms with E-state index in [1.807, 2.05) is 0 Å². The van der Waals surface area contributed by atoms with Gasteiger partial charge in [-0.1, -0.05) is 12.1 Å². The topological polar surface area (TPSA) is 90.8 Å². The molecule has 1 aromatic carbocycles.